The SMILES string of the molecule is CCN1CC[C@@](CC[C@H](C)OC(=O)C2CCCCC2)(C2CCC(OC)C(OC)C2)C1. The first-order chi connectivity index (χ1) is 14.5. The van der Waals surface area contributed by atoms with E-state index in [4.69, 9.17) is 14.2 Å². The molecule has 5 nitrogen and oxygen atoms in total. The van der Waals surface area contributed by atoms with Gasteiger partial charge in [-0.05, 0) is 82.7 Å². The van der Waals surface area contributed by atoms with Gasteiger partial charge >= 0.3 is 5.97 Å². The van der Waals surface area contributed by atoms with Gasteiger partial charge in [-0.3, -0.25) is 4.79 Å². The van der Waals surface area contributed by atoms with Gasteiger partial charge in [0.15, 0.2) is 0 Å². The molecule has 1 heterocycles. The van der Waals surface area contributed by atoms with Gasteiger partial charge in [0.05, 0.1) is 24.2 Å². The van der Waals surface area contributed by atoms with E-state index < -0.39 is 0 Å². The second kappa shape index (κ2) is 11.3. The maximum Gasteiger partial charge on any atom is 0.309 e. The van der Waals surface area contributed by atoms with Gasteiger partial charge in [-0.15, -0.1) is 0 Å². The standard InChI is InChI=1S/C25H45NO4/c1-5-26-16-15-25(18-26,21-11-12-22(28-3)23(17-21)29-4)14-13-19(2)30-24(27)20-9-7-6-8-10-20/h19-23H,5-18H2,1-4H3/t19-,21?,22?,23?,25+/m0/s1. The Bertz CT molecular complexity index is 535. The van der Waals surface area contributed by atoms with Crippen LogP contribution in [0.15, 0.2) is 0 Å². The predicted octanol–water partition coefficient (Wildman–Crippen LogP) is 4.82. The van der Waals surface area contributed by atoms with Crippen LogP contribution in [0, 0.1) is 17.3 Å². The molecule has 3 rings (SSSR count). The van der Waals surface area contributed by atoms with E-state index in [1.807, 2.05) is 14.2 Å². The molecule has 0 spiro atoms. The lowest BCUT2D eigenvalue weighted by Crippen LogP contribution is -2.44. The van der Waals surface area contributed by atoms with Crippen molar-refractivity contribution in [3.63, 3.8) is 0 Å². The molecular weight excluding hydrogens is 378 g/mol. The summed E-state index contributed by atoms with van der Waals surface area (Å²) in [7, 11) is 3.63. The smallest absolute Gasteiger partial charge is 0.309 e. The number of hydrogen-bond donors (Lipinski definition) is 0. The van der Waals surface area contributed by atoms with Crippen molar-refractivity contribution in [1.29, 1.82) is 0 Å². The Labute approximate surface area is 184 Å². The van der Waals surface area contributed by atoms with Gasteiger partial charge in [0.25, 0.3) is 0 Å². The van der Waals surface area contributed by atoms with Crippen molar-refractivity contribution in [2.24, 2.45) is 17.3 Å². The molecule has 3 aliphatic rings. The maximum atomic E-state index is 12.6. The van der Waals surface area contributed by atoms with Crippen LogP contribution in [0.2, 0.25) is 0 Å². The minimum atomic E-state index is 0.0144. The van der Waals surface area contributed by atoms with Crippen molar-refractivity contribution in [2.45, 2.75) is 103 Å². The third kappa shape index (κ3) is 5.77. The molecule has 3 fully saturated rings. The summed E-state index contributed by atoms with van der Waals surface area (Å²) >= 11 is 0. The summed E-state index contributed by atoms with van der Waals surface area (Å²) in [5.41, 5.74) is 0.316. The number of hydrogen-bond acceptors (Lipinski definition) is 5. The molecule has 5 atom stereocenters. The van der Waals surface area contributed by atoms with Crippen molar-refractivity contribution < 1.29 is 19.0 Å². The molecule has 0 aromatic carbocycles. The van der Waals surface area contributed by atoms with E-state index in [1.54, 1.807) is 0 Å². The van der Waals surface area contributed by atoms with Crippen LogP contribution < -0.4 is 0 Å². The van der Waals surface area contributed by atoms with Crippen molar-refractivity contribution >= 4 is 5.97 Å². The highest BCUT2D eigenvalue weighted by molar-refractivity contribution is 5.72. The van der Waals surface area contributed by atoms with Crippen LogP contribution in [-0.2, 0) is 19.0 Å². The largest absolute Gasteiger partial charge is 0.462 e. The number of carbonyl (C=O) groups excluding carboxylic acids is 1. The molecule has 0 radical (unpaired) electrons. The lowest BCUT2D eigenvalue weighted by atomic mass is 9.64. The molecule has 5 heteroatoms. The van der Waals surface area contributed by atoms with Gasteiger partial charge in [-0.1, -0.05) is 26.2 Å². The molecular formula is C25H45NO4. The fraction of sp³-hybridized carbons (Fsp3) is 0.960. The molecule has 2 aliphatic carbocycles. The van der Waals surface area contributed by atoms with Crippen LogP contribution in [-0.4, -0.2) is 63.0 Å². The van der Waals surface area contributed by atoms with Crippen LogP contribution >= 0.6 is 0 Å². The van der Waals surface area contributed by atoms with Crippen molar-refractivity contribution in [2.75, 3.05) is 33.9 Å². The van der Waals surface area contributed by atoms with Crippen LogP contribution in [0.4, 0.5) is 0 Å². The van der Waals surface area contributed by atoms with Crippen molar-refractivity contribution in [3.05, 3.63) is 0 Å². The van der Waals surface area contributed by atoms with Crippen LogP contribution in [0.25, 0.3) is 0 Å². The molecule has 0 aromatic heterocycles. The second-order valence-corrected chi connectivity index (χ2v) is 10.2. The monoisotopic (exact) mass is 423 g/mol. The fourth-order valence-corrected chi connectivity index (χ4v) is 6.35. The number of rotatable bonds is 9. The first-order valence-corrected chi connectivity index (χ1v) is 12.5. The van der Waals surface area contributed by atoms with Gasteiger partial charge in [0, 0.05) is 20.8 Å². The van der Waals surface area contributed by atoms with E-state index in [1.165, 1.54) is 45.2 Å². The number of esters is 1. The van der Waals surface area contributed by atoms with Gasteiger partial charge in [-0.2, -0.15) is 0 Å². The Balaban J connectivity index is 1.59. The number of likely N-dealkylation sites (tertiary alicyclic amines) is 1. The molecule has 0 amide bonds. The average molecular weight is 424 g/mol. The fourth-order valence-electron chi connectivity index (χ4n) is 6.35. The Morgan fingerprint density at radius 2 is 1.80 bits per heavy atom. The number of carbonyl (C=O) groups is 1. The summed E-state index contributed by atoms with van der Waals surface area (Å²) in [5.74, 6) is 0.855. The zero-order valence-corrected chi connectivity index (χ0v) is 19.9. The zero-order chi connectivity index (χ0) is 21.6. The molecule has 0 bridgehead atoms. The zero-order valence-electron chi connectivity index (χ0n) is 19.9. The Morgan fingerprint density at radius 1 is 1.07 bits per heavy atom. The third-order valence-electron chi connectivity index (χ3n) is 8.42. The summed E-state index contributed by atoms with van der Waals surface area (Å²) in [6.07, 6.45) is 12.8. The highest BCUT2D eigenvalue weighted by Gasteiger charge is 2.47. The highest BCUT2D eigenvalue weighted by atomic mass is 16.5. The van der Waals surface area contributed by atoms with Crippen LogP contribution in [0.3, 0.4) is 0 Å². The van der Waals surface area contributed by atoms with Gasteiger partial charge in [-0.25, -0.2) is 0 Å². The molecule has 30 heavy (non-hydrogen) atoms. The molecule has 1 aliphatic heterocycles. The third-order valence-corrected chi connectivity index (χ3v) is 8.42. The van der Waals surface area contributed by atoms with Gasteiger partial charge < -0.3 is 19.1 Å². The topological polar surface area (TPSA) is 48.0 Å². The van der Waals surface area contributed by atoms with E-state index in [-0.39, 0.29) is 30.2 Å². The van der Waals surface area contributed by atoms with Crippen molar-refractivity contribution in [3.8, 4) is 0 Å². The van der Waals surface area contributed by atoms with E-state index in [0.29, 0.717) is 11.3 Å². The summed E-state index contributed by atoms with van der Waals surface area (Å²) in [6, 6.07) is 0. The first-order valence-electron chi connectivity index (χ1n) is 12.5. The maximum absolute atomic E-state index is 12.6. The summed E-state index contributed by atoms with van der Waals surface area (Å²) in [6.45, 7) is 7.85. The number of methoxy groups -OCH3 is 2. The summed E-state index contributed by atoms with van der Waals surface area (Å²) in [5, 5.41) is 0. The van der Waals surface area contributed by atoms with Crippen molar-refractivity contribution in [1.82, 2.24) is 4.90 Å². The number of nitrogens with zero attached hydrogens (tertiary/aromatic N) is 1. The molecule has 0 N–H and O–H groups in total. The van der Waals surface area contributed by atoms with E-state index in [0.717, 1.165) is 45.1 Å². The second-order valence-electron chi connectivity index (χ2n) is 10.2. The predicted molar refractivity (Wildman–Crippen MR) is 119 cm³/mol. The van der Waals surface area contributed by atoms with E-state index >= 15 is 0 Å². The molecule has 174 valence electrons. The highest BCUT2D eigenvalue weighted by Crippen LogP contribution is 2.49. The first kappa shape index (κ1) is 24.0. The van der Waals surface area contributed by atoms with Gasteiger partial charge in [0.1, 0.15) is 0 Å². The Kier molecular flexibility index (Phi) is 9.03. The van der Waals surface area contributed by atoms with Crippen LogP contribution in [0.1, 0.15) is 84.5 Å². The lowest BCUT2D eigenvalue weighted by molar-refractivity contribution is -0.155. The Hall–Kier alpha value is -0.650. The number of ether oxygens (including phenoxy) is 3. The molecule has 1 saturated heterocycles. The minimum absolute atomic E-state index is 0.0144. The normalized spacial score (nSPS) is 34.7. The minimum Gasteiger partial charge on any atom is -0.462 e. The van der Waals surface area contributed by atoms with Gasteiger partial charge in [0.2, 0.25) is 0 Å². The summed E-state index contributed by atoms with van der Waals surface area (Å²) < 4.78 is 17.4. The quantitative estimate of drug-likeness (QED) is 0.498. The Morgan fingerprint density at radius 3 is 2.43 bits per heavy atom. The molecule has 0 aromatic rings. The van der Waals surface area contributed by atoms with Crippen LogP contribution in [0.5, 0.6) is 0 Å². The molecule has 3 unspecified atom stereocenters. The summed E-state index contributed by atoms with van der Waals surface area (Å²) in [4.78, 5) is 15.2. The van der Waals surface area contributed by atoms with E-state index in [9.17, 15) is 4.79 Å². The average Bonchev–Trinajstić information content (AvgIpc) is 3.22. The lowest BCUT2D eigenvalue weighted by Gasteiger charge is -2.44. The molecule has 2 saturated carbocycles. The van der Waals surface area contributed by atoms with E-state index in [2.05, 4.69) is 18.7 Å².